The minimum absolute atomic E-state index is 0.937. The van der Waals surface area contributed by atoms with E-state index in [1.807, 2.05) is 0 Å². The third kappa shape index (κ3) is 9.88. The van der Waals surface area contributed by atoms with E-state index in [0.29, 0.717) is 0 Å². The average Bonchev–Trinajstić information content (AvgIpc) is 2.17. The van der Waals surface area contributed by atoms with Crippen LogP contribution in [0.2, 0.25) is 0 Å². The summed E-state index contributed by atoms with van der Waals surface area (Å²) in [6.45, 7) is 9.35. The van der Waals surface area contributed by atoms with Crippen molar-refractivity contribution in [3.05, 3.63) is 0 Å². The van der Waals surface area contributed by atoms with Crippen molar-refractivity contribution in [2.75, 3.05) is 7.05 Å². The van der Waals surface area contributed by atoms with Gasteiger partial charge in [-0.05, 0) is 18.9 Å². The lowest BCUT2D eigenvalue weighted by Crippen LogP contribution is -2.07. The number of unbranched alkanes of at least 4 members (excludes halogenated alkanes) is 1. The first kappa shape index (κ1) is 15.4. The van der Waals surface area contributed by atoms with Gasteiger partial charge in [-0.2, -0.15) is 0 Å². The van der Waals surface area contributed by atoms with Gasteiger partial charge in [0, 0.05) is 0 Å². The van der Waals surface area contributed by atoms with Crippen molar-refractivity contribution >= 4 is 0 Å². The van der Waals surface area contributed by atoms with E-state index in [1.165, 1.54) is 39.2 Å². The number of hydrogen-bond acceptors (Lipinski definition) is 1. The van der Waals surface area contributed by atoms with E-state index in [4.69, 9.17) is 0 Å². The van der Waals surface area contributed by atoms with Crippen molar-refractivity contribution in [2.45, 2.75) is 59.8 Å². The molecular weight excluding hydrogens is 158 g/mol. The van der Waals surface area contributed by atoms with Crippen molar-refractivity contribution in [1.82, 2.24) is 0 Å². The van der Waals surface area contributed by atoms with E-state index in [1.54, 1.807) is 0 Å². The maximum atomic E-state index is 4.50. The third-order valence-corrected chi connectivity index (χ3v) is 2.73. The molecule has 0 saturated heterocycles. The lowest BCUT2D eigenvalue weighted by molar-refractivity contribution is 0.333. The zero-order valence-corrected chi connectivity index (χ0v) is 10.3. The summed E-state index contributed by atoms with van der Waals surface area (Å²) in [5, 5.41) is 0. The van der Waals surface area contributed by atoms with E-state index in [2.05, 4.69) is 33.4 Å². The minimum Gasteiger partial charge on any atom is -0.333 e. The SMILES string of the molecule is CCCCC(C)C(C)CCC.CN. The van der Waals surface area contributed by atoms with E-state index < -0.39 is 0 Å². The van der Waals surface area contributed by atoms with Crippen LogP contribution in [0, 0.1) is 11.8 Å². The van der Waals surface area contributed by atoms with Gasteiger partial charge >= 0.3 is 0 Å². The van der Waals surface area contributed by atoms with E-state index >= 15 is 0 Å². The smallest absolute Gasteiger partial charge is 0.0195 e. The van der Waals surface area contributed by atoms with Crippen LogP contribution in [0.4, 0.5) is 0 Å². The molecule has 0 radical (unpaired) electrons. The Balaban J connectivity index is 0. The zero-order chi connectivity index (χ0) is 10.7. The highest BCUT2D eigenvalue weighted by molar-refractivity contribution is 4.61. The highest BCUT2D eigenvalue weighted by Gasteiger charge is 2.09. The normalized spacial score (nSPS) is 14.3. The lowest BCUT2D eigenvalue weighted by Gasteiger charge is -2.18. The molecule has 0 spiro atoms. The van der Waals surface area contributed by atoms with Gasteiger partial charge in [-0.25, -0.2) is 0 Å². The Hall–Kier alpha value is -0.0400. The highest BCUT2D eigenvalue weighted by atomic mass is 14.4. The number of nitrogens with two attached hydrogens (primary N) is 1. The maximum Gasteiger partial charge on any atom is -0.0195 e. The first-order valence-corrected chi connectivity index (χ1v) is 5.80. The molecule has 0 saturated carbocycles. The quantitative estimate of drug-likeness (QED) is 0.672. The molecule has 2 unspecified atom stereocenters. The van der Waals surface area contributed by atoms with Gasteiger partial charge < -0.3 is 5.73 Å². The van der Waals surface area contributed by atoms with Crippen molar-refractivity contribution in [3.63, 3.8) is 0 Å². The van der Waals surface area contributed by atoms with E-state index in [9.17, 15) is 0 Å². The molecule has 0 aliphatic carbocycles. The van der Waals surface area contributed by atoms with Crippen LogP contribution in [-0.4, -0.2) is 7.05 Å². The van der Waals surface area contributed by atoms with Crippen LogP contribution >= 0.6 is 0 Å². The van der Waals surface area contributed by atoms with Gasteiger partial charge in [0.05, 0.1) is 0 Å². The predicted octanol–water partition coefficient (Wildman–Crippen LogP) is 3.82. The van der Waals surface area contributed by atoms with Crippen molar-refractivity contribution in [1.29, 1.82) is 0 Å². The van der Waals surface area contributed by atoms with Gasteiger partial charge in [0.2, 0.25) is 0 Å². The summed E-state index contributed by atoms with van der Waals surface area (Å²) in [7, 11) is 1.50. The third-order valence-electron chi connectivity index (χ3n) is 2.73. The van der Waals surface area contributed by atoms with Gasteiger partial charge in [-0.1, -0.05) is 59.8 Å². The van der Waals surface area contributed by atoms with Crippen LogP contribution in [0.15, 0.2) is 0 Å². The summed E-state index contributed by atoms with van der Waals surface area (Å²) >= 11 is 0. The lowest BCUT2D eigenvalue weighted by atomic mass is 9.88. The Bertz CT molecular complexity index is 81.2. The fourth-order valence-corrected chi connectivity index (χ4v) is 1.55. The molecule has 2 N–H and O–H groups in total. The number of hydrogen-bond donors (Lipinski definition) is 1. The predicted molar refractivity (Wildman–Crippen MR) is 62.9 cm³/mol. The Morgan fingerprint density at radius 2 is 1.31 bits per heavy atom. The highest BCUT2D eigenvalue weighted by Crippen LogP contribution is 2.21. The first-order chi connectivity index (χ1) is 6.22. The summed E-state index contributed by atoms with van der Waals surface area (Å²) in [4.78, 5) is 0. The second kappa shape index (κ2) is 12.0. The number of rotatable bonds is 6. The van der Waals surface area contributed by atoms with E-state index in [-0.39, 0.29) is 0 Å². The van der Waals surface area contributed by atoms with Crippen LogP contribution in [0.25, 0.3) is 0 Å². The molecule has 2 atom stereocenters. The second-order valence-electron chi connectivity index (χ2n) is 3.89. The Morgan fingerprint density at radius 1 is 0.846 bits per heavy atom. The molecule has 0 aromatic heterocycles. The molecule has 0 rings (SSSR count). The molecule has 0 amide bonds. The summed E-state index contributed by atoms with van der Waals surface area (Å²) in [6, 6.07) is 0. The van der Waals surface area contributed by atoms with Gasteiger partial charge in [-0.3, -0.25) is 0 Å². The van der Waals surface area contributed by atoms with Crippen molar-refractivity contribution < 1.29 is 0 Å². The van der Waals surface area contributed by atoms with Crippen LogP contribution in [0.3, 0.4) is 0 Å². The van der Waals surface area contributed by atoms with Crippen LogP contribution < -0.4 is 5.73 Å². The molecule has 13 heavy (non-hydrogen) atoms. The van der Waals surface area contributed by atoms with Crippen LogP contribution in [0.5, 0.6) is 0 Å². The van der Waals surface area contributed by atoms with Crippen molar-refractivity contribution in [3.8, 4) is 0 Å². The topological polar surface area (TPSA) is 26.0 Å². The first-order valence-electron chi connectivity index (χ1n) is 5.80. The molecular formula is C12H29N. The molecule has 1 nitrogen and oxygen atoms in total. The van der Waals surface area contributed by atoms with Crippen LogP contribution in [0.1, 0.15) is 59.8 Å². The Kier molecular flexibility index (Phi) is 14.2. The zero-order valence-electron chi connectivity index (χ0n) is 10.3. The molecule has 0 aromatic carbocycles. The molecule has 0 aliphatic rings. The Labute approximate surface area is 85.1 Å². The maximum absolute atomic E-state index is 4.50. The fourth-order valence-electron chi connectivity index (χ4n) is 1.55. The summed E-state index contributed by atoms with van der Waals surface area (Å²) < 4.78 is 0. The summed E-state index contributed by atoms with van der Waals surface area (Å²) in [6.07, 6.45) is 6.94. The molecule has 82 valence electrons. The second-order valence-corrected chi connectivity index (χ2v) is 3.89. The fraction of sp³-hybridized carbons (Fsp3) is 1.00. The van der Waals surface area contributed by atoms with Gasteiger partial charge in [0.1, 0.15) is 0 Å². The largest absolute Gasteiger partial charge is 0.333 e. The van der Waals surface area contributed by atoms with Crippen LogP contribution in [-0.2, 0) is 0 Å². The van der Waals surface area contributed by atoms with Crippen molar-refractivity contribution in [2.24, 2.45) is 17.6 Å². The Morgan fingerprint density at radius 3 is 1.69 bits per heavy atom. The molecule has 0 aliphatic heterocycles. The van der Waals surface area contributed by atoms with Gasteiger partial charge in [-0.15, -0.1) is 0 Å². The van der Waals surface area contributed by atoms with Gasteiger partial charge in [0.15, 0.2) is 0 Å². The standard InChI is InChI=1S/C11H24.CH5N/c1-5-7-9-11(4)10(3)8-6-2;1-2/h10-11H,5-9H2,1-4H3;2H2,1H3. The molecule has 0 heterocycles. The molecule has 0 bridgehead atoms. The monoisotopic (exact) mass is 187 g/mol. The van der Waals surface area contributed by atoms with E-state index in [0.717, 1.165) is 11.8 Å². The summed E-state index contributed by atoms with van der Waals surface area (Å²) in [5.74, 6) is 1.88. The summed E-state index contributed by atoms with van der Waals surface area (Å²) in [5.41, 5.74) is 4.50. The molecule has 0 aromatic rings. The average molecular weight is 187 g/mol. The minimum atomic E-state index is 0.937. The molecule has 1 heteroatoms. The van der Waals surface area contributed by atoms with Gasteiger partial charge in [0.25, 0.3) is 0 Å². The molecule has 0 fully saturated rings.